The number of hydrogen-bond acceptors (Lipinski definition) is 7. The molecule has 162 valence electrons. The molecule has 1 fully saturated rings. The van der Waals surface area contributed by atoms with Crippen LogP contribution in [0.4, 0.5) is 0 Å². The molecule has 0 spiro atoms. The van der Waals surface area contributed by atoms with E-state index in [-0.39, 0.29) is 11.9 Å². The Bertz CT molecular complexity index is 1210. The van der Waals surface area contributed by atoms with Crippen molar-refractivity contribution in [2.45, 2.75) is 12.5 Å². The number of morpholine rings is 1. The van der Waals surface area contributed by atoms with E-state index in [9.17, 15) is 4.79 Å². The van der Waals surface area contributed by atoms with Crippen LogP contribution in [0.1, 0.15) is 15.9 Å². The van der Waals surface area contributed by atoms with Crippen LogP contribution in [0.25, 0.3) is 17.1 Å². The lowest BCUT2D eigenvalue weighted by atomic mass is 10.0. The van der Waals surface area contributed by atoms with E-state index in [0.717, 1.165) is 5.56 Å². The van der Waals surface area contributed by atoms with Crippen LogP contribution in [0.2, 0.25) is 5.02 Å². The van der Waals surface area contributed by atoms with E-state index >= 15 is 0 Å². The third-order valence-corrected chi connectivity index (χ3v) is 5.69. The minimum absolute atomic E-state index is 0.0847. The standard InChI is InChI=1S/C22H19ClN6O3/c23-19-6-5-15(12-18(19)21-24-14-32-27-21)11-16-13-31-10-9-28(16)22(30)17-3-1-2-4-20(17)29-25-7-8-26-29/h1-8,12,14,16H,9-11,13H2. The summed E-state index contributed by atoms with van der Waals surface area (Å²) < 4.78 is 10.6. The summed E-state index contributed by atoms with van der Waals surface area (Å²) in [5, 5.41) is 12.8. The first kappa shape index (κ1) is 20.3. The minimum atomic E-state index is -0.144. The molecule has 4 aromatic rings. The van der Waals surface area contributed by atoms with E-state index in [2.05, 4.69) is 20.3 Å². The van der Waals surface area contributed by atoms with Gasteiger partial charge in [0.2, 0.25) is 12.2 Å². The summed E-state index contributed by atoms with van der Waals surface area (Å²) >= 11 is 6.33. The van der Waals surface area contributed by atoms with E-state index < -0.39 is 0 Å². The summed E-state index contributed by atoms with van der Waals surface area (Å²) in [6, 6.07) is 12.8. The second-order valence-electron chi connectivity index (χ2n) is 7.34. The van der Waals surface area contributed by atoms with Crippen molar-refractivity contribution in [3.63, 3.8) is 0 Å². The fourth-order valence-corrected chi connectivity index (χ4v) is 4.05. The minimum Gasteiger partial charge on any atom is -0.377 e. The number of nitrogens with zero attached hydrogens (tertiary/aromatic N) is 6. The predicted octanol–water partition coefficient (Wildman–Crippen LogP) is 3.05. The lowest BCUT2D eigenvalue weighted by Crippen LogP contribution is -2.50. The number of amides is 1. The smallest absolute Gasteiger partial charge is 0.256 e. The number of aromatic nitrogens is 5. The first-order valence-corrected chi connectivity index (χ1v) is 10.5. The number of carbonyl (C=O) groups excluding carboxylic acids is 1. The number of hydrogen-bond donors (Lipinski definition) is 0. The zero-order chi connectivity index (χ0) is 21.9. The monoisotopic (exact) mass is 450 g/mol. The Labute approximate surface area is 188 Å². The van der Waals surface area contributed by atoms with Gasteiger partial charge in [-0.2, -0.15) is 20.0 Å². The second kappa shape index (κ2) is 8.89. The maximum absolute atomic E-state index is 13.6. The average molecular weight is 451 g/mol. The van der Waals surface area contributed by atoms with Crippen molar-refractivity contribution in [2.75, 3.05) is 19.8 Å². The van der Waals surface area contributed by atoms with Gasteiger partial charge < -0.3 is 14.2 Å². The Morgan fingerprint density at radius 1 is 1.16 bits per heavy atom. The van der Waals surface area contributed by atoms with E-state index in [4.69, 9.17) is 20.9 Å². The number of para-hydroxylation sites is 1. The van der Waals surface area contributed by atoms with Crippen LogP contribution in [0.3, 0.4) is 0 Å². The summed E-state index contributed by atoms with van der Waals surface area (Å²) in [5.74, 6) is 0.337. The van der Waals surface area contributed by atoms with Crippen molar-refractivity contribution in [3.8, 4) is 17.1 Å². The highest BCUT2D eigenvalue weighted by Crippen LogP contribution is 2.28. The van der Waals surface area contributed by atoms with Crippen LogP contribution in [-0.4, -0.2) is 61.7 Å². The Morgan fingerprint density at radius 3 is 2.81 bits per heavy atom. The summed E-state index contributed by atoms with van der Waals surface area (Å²) in [6.07, 6.45) is 5.02. The molecule has 2 aromatic carbocycles. The highest BCUT2D eigenvalue weighted by atomic mass is 35.5. The molecule has 1 amide bonds. The normalized spacial score (nSPS) is 16.3. The molecule has 0 aliphatic carbocycles. The highest BCUT2D eigenvalue weighted by molar-refractivity contribution is 6.33. The van der Waals surface area contributed by atoms with Crippen molar-refractivity contribution < 1.29 is 14.1 Å². The Morgan fingerprint density at radius 2 is 2.00 bits per heavy atom. The summed E-state index contributed by atoms with van der Waals surface area (Å²) in [4.78, 5) is 21.0. The second-order valence-corrected chi connectivity index (χ2v) is 7.74. The van der Waals surface area contributed by atoms with Crippen molar-refractivity contribution in [2.24, 2.45) is 0 Å². The third-order valence-electron chi connectivity index (χ3n) is 5.36. The molecule has 9 nitrogen and oxygen atoms in total. The number of benzene rings is 2. The zero-order valence-corrected chi connectivity index (χ0v) is 17.7. The lowest BCUT2D eigenvalue weighted by molar-refractivity contribution is -0.00164. The average Bonchev–Trinajstić information content (AvgIpc) is 3.55. The predicted molar refractivity (Wildman–Crippen MR) is 115 cm³/mol. The van der Waals surface area contributed by atoms with Gasteiger partial charge >= 0.3 is 0 Å². The zero-order valence-electron chi connectivity index (χ0n) is 17.0. The highest BCUT2D eigenvalue weighted by Gasteiger charge is 2.30. The largest absolute Gasteiger partial charge is 0.377 e. The molecular weight excluding hydrogens is 432 g/mol. The maximum Gasteiger partial charge on any atom is 0.256 e. The SMILES string of the molecule is O=C(c1ccccc1-n1nccn1)N1CCOCC1Cc1ccc(Cl)c(-c2ncon2)c1. The maximum atomic E-state index is 13.6. The van der Waals surface area contributed by atoms with Crippen LogP contribution >= 0.6 is 11.6 Å². The molecular formula is C22H19ClN6O3. The quantitative estimate of drug-likeness (QED) is 0.460. The fourth-order valence-electron chi connectivity index (χ4n) is 3.85. The molecule has 0 N–H and O–H groups in total. The molecule has 0 radical (unpaired) electrons. The summed E-state index contributed by atoms with van der Waals surface area (Å²) in [7, 11) is 0. The van der Waals surface area contributed by atoms with Crippen LogP contribution in [0, 0.1) is 0 Å². The molecule has 0 saturated carbocycles. The molecule has 3 heterocycles. The Hall–Kier alpha value is -3.56. The van der Waals surface area contributed by atoms with Crippen molar-refractivity contribution in [1.29, 1.82) is 0 Å². The molecule has 1 saturated heterocycles. The van der Waals surface area contributed by atoms with Crippen LogP contribution in [-0.2, 0) is 11.2 Å². The fraction of sp³-hybridized carbons (Fsp3) is 0.227. The first-order chi connectivity index (χ1) is 15.7. The van der Waals surface area contributed by atoms with Crippen molar-refractivity contribution in [1.82, 2.24) is 30.0 Å². The van der Waals surface area contributed by atoms with E-state index in [0.29, 0.717) is 53.8 Å². The molecule has 1 unspecified atom stereocenters. The molecule has 2 aromatic heterocycles. The number of carbonyl (C=O) groups is 1. The Balaban J connectivity index is 1.42. The number of rotatable bonds is 5. The third kappa shape index (κ3) is 4.00. The molecule has 0 bridgehead atoms. The van der Waals surface area contributed by atoms with Crippen LogP contribution in [0.15, 0.2) is 65.8 Å². The summed E-state index contributed by atoms with van der Waals surface area (Å²) in [5.41, 5.74) is 2.85. The van der Waals surface area contributed by atoms with Gasteiger partial charge in [-0.1, -0.05) is 35.0 Å². The topological polar surface area (TPSA) is 99.2 Å². The van der Waals surface area contributed by atoms with Crippen molar-refractivity contribution >= 4 is 17.5 Å². The van der Waals surface area contributed by atoms with Gasteiger partial charge in [-0.3, -0.25) is 4.79 Å². The van der Waals surface area contributed by atoms with Gasteiger partial charge in [0.1, 0.15) is 0 Å². The van der Waals surface area contributed by atoms with E-state index in [1.165, 1.54) is 11.2 Å². The van der Waals surface area contributed by atoms with Crippen LogP contribution < -0.4 is 0 Å². The van der Waals surface area contributed by atoms with Gasteiger partial charge in [0, 0.05) is 12.1 Å². The number of halogens is 1. The lowest BCUT2D eigenvalue weighted by Gasteiger charge is -2.36. The number of ether oxygens (including phenoxy) is 1. The summed E-state index contributed by atoms with van der Waals surface area (Å²) in [6.45, 7) is 1.42. The van der Waals surface area contributed by atoms with Gasteiger partial charge in [0.15, 0.2) is 0 Å². The molecule has 1 atom stereocenters. The molecule has 32 heavy (non-hydrogen) atoms. The molecule has 1 aliphatic rings. The molecule has 10 heteroatoms. The van der Waals surface area contributed by atoms with E-state index in [1.54, 1.807) is 24.5 Å². The molecule has 5 rings (SSSR count). The van der Waals surface area contributed by atoms with Gasteiger partial charge in [0.05, 0.1) is 47.9 Å². The first-order valence-electron chi connectivity index (χ1n) is 10.1. The van der Waals surface area contributed by atoms with Gasteiger partial charge in [-0.05, 0) is 36.2 Å². The molecule has 1 aliphatic heterocycles. The van der Waals surface area contributed by atoms with Crippen molar-refractivity contribution in [3.05, 3.63) is 77.4 Å². The van der Waals surface area contributed by atoms with Gasteiger partial charge in [-0.25, -0.2) is 0 Å². The van der Waals surface area contributed by atoms with Gasteiger partial charge in [-0.15, -0.1) is 0 Å². The van der Waals surface area contributed by atoms with E-state index in [1.807, 2.05) is 35.2 Å². The Kier molecular flexibility index (Phi) is 5.66. The van der Waals surface area contributed by atoms with Crippen LogP contribution in [0.5, 0.6) is 0 Å². The van der Waals surface area contributed by atoms with Gasteiger partial charge in [0.25, 0.3) is 5.91 Å².